The fraction of sp³-hybridized carbons (Fsp3) is 0.625. The van der Waals surface area contributed by atoms with Gasteiger partial charge in [0.1, 0.15) is 0 Å². The fourth-order valence-electron chi connectivity index (χ4n) is 0.766. The molecular formula is C8H15N3O4. The number of amides is 3. The van der Waals surface area contributed by atoms with Crippen molar-refractivity contribution in [3.8, 4) is 0 Å². The van der Waals surface area contributed by atoms with Crippen molar-refractivity contribution >= 4 is 17.9 Å². The zero-order chi connectivity index (χ0) is 11.7. The molecule has 0 aromatic heterocycles. The van der Waals surface area contributed by atoms with Crippen LogP contribution in [0.5, 0.6) is 0 Å². The molecule has 0 aliphatic carbocycles. The van der Waals surface area contributed by atoms with Gasteiger partial charge in [0.15, 0.2) is 0 Å². The van der Waals surface area contributed by atoms with Gasteiger partial charge >= 0.3 is 12.0 Å². The van der Waals surface area contributed by atoms with E-state index in [4.69, 9.17) is 5.11 Å². The Hall–Kier alpha value is -1.79. The monoisotopic (exact) mass is 217 g/mol. The largest absolute Gasteiger partial charge is 0.481 e. The van der Waals surface area contributed by atoms with E-state index in [1.807, 2.05) is 0 Å². The SMILES string of the molecule is CCNC(=O)CNC(=O)NCCC(=O)O. The minimum atomic E-state index is -0.987. The lowest BCUT2D eigenvalue weighted by Gasteiger charge is -2.06. The van der Waals surface area contributed by atoms with Crippen LogP contribution in [0.15, 0.2) is 0 Å². The Labute approximate surface area is 87.2 Å². The van der Waals surface area contributed by atoms with Gasteiger partial charge in [-0.3, -0.25) is 9.59 Å². The molecule has 0 saturated carbocycles. The standard InChI is InChI=1S/C8H15N3O4/c1-2-9-6(12)5-11-8(15)10-4-3-7(13)14/h2-5H2,1H3,(H,9,12)(H,13,14)(H2,10,11,15). The molecule has 0 rings (SSSR count). The maximum atomic E-state index is 10.9. The van der Waals surface area contributed by atoms with Gasteiger partial charge in [-0.25, -0.2) is 4.79 Å². The quantitative estimate of drug-likeness (QED) is 0.452. The van der Waals surface area contributed by atoms with Gasteiger partial charge < -0.3 is 21.1 Å². The van der Waals surface area contributed by atoms with Crippen molar-refractivity contribution in [3.63, 3.8) is 0 Å². The molecule has 0 unspecified atom stereocenters. The highest BCUT2D eigenvalue weighted by molar-refractivity contribution is 5.83. The lowest BCUT2D eigenvalue weighted by Crippen LogP contribution is -2.42. The van der Waals surface area contributed by atoms with E-state index >= 15 is 0 Å². The number of hydrogen-bond acceptors (Lipinski definition) is 3. The van der Waals surface area contributed by atoms with Crippen molar-refractivity contribution in [1.82, 2.24) is 16.0 Å². The van der Waals surface area contributed by atoms with Gasteiger partial charge in [0.25, 0.3) is 0 Å². The molecule has 0 heterocycles. The summed E-state index contributed by atoms with van der Waals surface area (Å²) in [7, 11) is 0. The number of carboxylic acid groups (broad SMARTS) is 1. The summed E-state index contributed by atoms with van der Waals surface area (Å²) < 4.78 is 0. The Bertz CT molecular complexity index is 242. The number of hydrogen-bond donors (Lipinski definition) is 4. The van der Waals surface area contributed by atoms with Gasteiger partial charge in [0.2, 0.25) is 5.91 Å². The summed E-state index contributed by atoms with van der Waals surface area (Å²) in [6, 6.07) is -0.553. The van der Waals surface area contributed by atoms with E-state index in [2.05, 4.69) is 16.0 Å². The van der Waals surface area contributed by atoms with Gasteiger partial charge in [-0.05, 0) is 6.92 Å². The van der Waals surface area contributed by atoms with Crippen LogP contribution >= 0.6 is 0 Å². The molecule has 0 radical (unpaired) electrons. The maximum Gasteiger partial charge on any atom is 0.315 e. The molecule has 4 N–H and O–H groups in total. The predicted molar refractivity (Wildman–Crippen MR) is 52.3 cm³/mol. The van der Waals surface area contributed by atoms with Crippen LogP contribution in [-0.4, -0.2) is 42.6 Å². The summed E-state index contributed by atoms with van der Waals surface area (Å²) in [6.45, 7) is 2.19. The molecule has 15 heavy (non-hydrogen) atoms. The molecule has 86 valence electrons. The number of carbonyl (C=O) groups excluding carboxylic acids is 2. The lowest BCUT2D eigenvalue weighted by molar-refractivity contribution is -0.136. The minimum Gasteiger partial charge on any atom is -0.481 e. The minimum absolute atomic E-state index is 0.0383. The van der Waals surface area contributed by atoms with Crippen LogP contribution < -0.4 is 16.0 Å². The number of likely N-dealkylation sites (N-methyl/N-ethyl adjacent to an activating group) is 1. The summed E-state index contributed by atoms with van der Waals surface area (Å²) in [6.07, 6.45) is -0.144. The van der Waals surface area contributed by atoms with Crippen molar-refractivity contribution in [2.24, 2.45) is 0 Å². The number of urea groups is 1. The van der Waals surface area contributed by atoms with Crippen LogP contribution in [-0.2, 0) is 9.59 Å². The number of carbonyl (C=O) groups is 3. The van der Waals surface area contributed by atoms with E-state index in [1.165, 1.54) is 0 Å². The molecule has 3 amide bonds. The van der Waals surface area contributed by atoms with Gasteiger partial charge in [-0.1, -0.05) is 0 Å². The Morgan fingerprint density at radius 2 is 1.80 bits per heavy atom. The molecule has 0 saturated heterocycles. The topological polar surface area (TPSA) is 108 Å². The molecule has 0 aliphatic heterocycles. The molecule has 0 atom stereocenters. The normalized spacial score (nSPS) is 9.13. The molecule has 0 aliphatic rings. The van der Waals surface area contributed by atoms with Crippen molar-refractivity contribution in [3.05, 3.63) is 0 Å². The van der Waals surface area contributed by atoms with E-state index in [9.17, 15) is 14.4 Å². The molecule has 0 spiro atoms. The first kappa shape index (κ1) is 13.2. The van der Waals surface area contributed by atoms with Crippen LogP contribution in [0.4, 0.5) is 4.79 Å². The first-order valence-corrected chi connectivity index (χ1v) is 4.56. The average Bonchev–Trinajstić information content (AvgIpc) is 2.14. The van der Waals surface area contributed by atoms with Crippen LogP contribution in [0.3, 0.4) is 0 Å². The lowest BCUT2D eigenvalue weighted by atomic mass is 10.4. The predicted octanol–water partition coefficient (Wildman–Crippen LogP) is -1.10. The van der Waals surface area contributed by atoms with Crippen LogP contribution in [0, 0.1) is 0 Å². The summed E-state index contributed by atoms with van der Waals surface area (Å²) in [4.78, 5) is 31.9. The average molecular weight is 217 g/mol. The smallest absolute Gasteiger partial charge is 0.315 e. The number of aliphatic carboxylic acids is 1. The second kappa shape index (κ2) is 7.60. The Kier molecular flexibility index (Phi) is 6.69. The van der Waals surface area contributed by atoms with Crippen molar-refractivity contribution in [1.29, 1.82) is 0 Å². The first-order chi connectivity index (χ1) is 7.06. The maximum absolute atomic E-state index is 10.9. The third-order valence-electron chi connectivity index (χ3n) is 1.41. The molecule has 7 heteroatoms. The highest BCUT2D eigenvalue weighted by Gasteiger charge is 2.04. The van der Waals surface area contributed by atoms with E-state index in [0.29, 0.717) is 6.54 Å². The molecule has 0 fully saturated rings. The van der Waals surface area contributed by atoms with E-state index in [-0.39, 0.29) is 25.4 Å². The van der Waals surface area contributed by atoms with E-state index in [0.717, 1.165) is 0 Å². The summed E-state index contributed by atoms with van der Waals surface area (Å²) in [5, 5.41) is 15.4. The van der Waals surface area contributed by atoms with E-state index in [1.54, 1.807) is 6.92 Å². The van der Waals surface area contributed by atoms with Crippen molar-refractivity contribution in [2.45, 2.75) is 13.3 Å². The van der Waals surface area contributed by atoms with Gasteiger partial charge in [0, 0.05) is 13.1 Å². The first-order valence-electron chi connectivity index (χ1n) is 4.56. The number of carboxylic acids is 1. The fourth-order valence-corrected chi connectivity index (χ4v) is 0.766. The number of nitrogens with one attached hydrogen (secondary N) is 3. The highest BCUT2D eigenvalue weighted by atomic mass is 16.4. The molecule has 0 aromatic rings. The van der Waals surface area contributed by atoms with Crippen molar-refractivity contribution < 1.29 is 19.5 Å². The summed E-state index contributed by atoms with van der Waals surface area (Å²) in [5.41, 5.74) is 0. The zero-order valence-electron chi connectivity index (χ0n) is 8.50. The zero-order valence-corrected chi connectivity index (χ0v) is 8.50. The Morgan fingerprint density at radius 1 is 1.13 bits per heavy atom. The Balaban J connectivity index is 3.49. The van der Waals surface area contributed by atoms with Crippen LogP contribution in [0.1, 0.15) is 13.3 Å². The van der Waals surface area contributed by atoms with Crippen LogP contribution in [0.2, 0.25) is 0 Å². The second-order valence-corrected chi connectivity index (χ2v) is 2.71. The summed E-state index contributed by atoms with van der Waals surface area (Å²) >= 11 is 0. The van der Waals surface area contributed by atoms with Gasteiger partial charge in [-0.2, -0.15) is 0 Å². The third kappa shape index (κ3) is 8.54. The van der Waals surface area contributed by atoms with E-state index < -0.39 is 12.0 Å². The summed E-state index contributed by atoms with van der Waals surface area (Å²) in [5.74, 6) is -1.27. The third-order valence-corrected chi connectivity index (χ3v) is 1.41. The Morgan fingerprint density at radius 3 is 2.33 bits per heavy atom. The van der Waals surface area contributed by atoms with Crippen molar-refractivity contribution in [2.75, 3.05) is 19.6 Å². The van der Waals surface area contributed by atoms with Gasteiger partial charge in [0.05, 0.1) is 13.0 Å². The highest BCUT2D eigenvalue weighted by Crippen LogP contribution is 1.75. The molecule has 0 aromatic carbocycles. The molecular weight excluding hydrogens is 202 g/mol. The number of rotatable bonds is 6. The second-order valence-electron chi connectivity index (χ2n) is 2.71. The molecule has 7 nitrogen and oxygen atoms in total. The molecule has 0 bridgehead atoms. The van der Waals surface area contributed by atoms with Crippen LogP contribution in [0.25, 0.3) is 0 Å². The van der Waals surface area contributed by atoms with Gasteiger partial charge in [-0.15, -0.1) is 0 Å².